The van der Waals surface area contributed by atoms with Crippen molar-refractivity contribution in [3.05, 3.63) is 82.9 Å². The number of ketones is 2. The van der Waals surface area contributed by atoms with Crippen molar-refractivity contribution in [2.24, 2.45) is 11.3 Å². The van der Waals surface area contributed by atoms with Crippen molar-refractivity contribution in [1.82, 2.24) is 0 Å². The summed E-state index contributed by atoms with van der Waals surface area (Å²) in [6.45, 7) is 6.81. The minimum atomic E-state index is -1.17. The molecule has 0 amide bonds. The summed E-state index contributed by atoms with van der Waals surface area (Å²) in [5.74, 6) is 0.451. The van der Waals surface area contributed by atoms with Gasteiger partial charge in [0, 0.05) is 11.1 Å². The topological polar surface area (TPSA) is 34.1 Å². The Morgan fingerprint density at radius 1 is 0.852 bits per heavy atom. The van der Waals surface area contributed by atoms with Gasteiger partial charge in [-0.2, -0.15) is 0 Å². The fraction of sp³-hybridized carbons (Fsp3) is 0.360. The van der Waals surface area contributed by atoms with Gasteiger partial charge in [0.2, 0.25) is 0 Å². The van der Waals surface area contributed by atoms with Crippen LogP contribution >= 0.6 is 0 Å². The van der Waals surface area contributed by atoms with Crippen LogP contribution < -0.4 is 0 Å². The van der Waals surface area contributed by atoms with Crippen LogP contribution in [0, 0.1) is 11.3 Å². The van der Waals surface area contributed by atoms with E-state index in [4.69, 9.17) is 0 Å². The Kier molecular flexibility index (Phi) is 4.18. The lowest BCUT2D eigenvalue weighted by Crippen LogP contribution is -2.42. The number of hydrogen-bond acceptors (Lipinski definition) is 2. The number of allylic oxidation sites excluding steroid dienone is 2. The SMILES string of the molecule is CC(C)(C)C1CC=C(C2(c3ccccc3)C(=O)c3ccccc3C2=O)CC1. The number of carbonyl (C=O) groups excluding carboxylic acids is 2. The molecular formula is C25H26O2. The van der Waals surface area contributed by atoms with E-state index in [2.05, 4.69) is 26.8 Å². The van der Waals surface area contributed by atoms with E-state index in [1.54, 1.807) is 12.1 Å². The van der Waals surface area contributed by atoms with Crippen molar-refractivity contribution in [3.63, 3.8) is 0 Å². The lowest BCUT2D eigenvalue weighted by atomic mass is 9.64. The van der Waals surface area contributed by atoms with Crippen molar-refractivity contribution >= 4 is 11.6 Å². The van der Waals surface area contributed by atoms with Gasteiger partial charge >= 0.3 is 0 Å². The van der Waals surface area contributed by atoms with E-state index in [1.807, 2.05) is 42.5 Å². The third-order valence-electron chi connectivity index (χ3n) is 6.42. The molecule has 0 bridgehead atoms. The zero-order valence-electron chi connectivity index (χ0n) is 16.3. The van der Waals surface area contributed by atoms with E-state index in [1.165, 1.54) is 0 Å². The first kappa shape index (κ1) is 17.9. The van der Waals surface area contributed by atoms with Gasteiger partial charge in [-0.3, -0.25) is 9.59 Å². The lowest BCUT2D eigenvalue weighted by Gasteiger charge is -2.38. The molecule has 4 rings (SSSR count). The van der Waals surface area contributed by atoms with E-state index < -0.39 is 5.41 Å². The molecule has 0 aromatic heterocycles. The van der Waals surface area contributed by atoms with Crippen molar-refractivity contribution < 1.29 is 9.59 Å². The molecule has 1 unspecified atom stereocenters. The van der Waals surface area contributed by atoms with Crippen LogP contribution in [0.1, 0.15) is 66.3 Å². The first-order valence-corrected chi connectivity index (χ1v) is 9.80. The van der Waals surface area contributed by atoms with Crippen LogP contribution in [-0.2, 0) is 5.41 Å². The number of fused-ring (bicyclic) bond motifs is 1. The van der Waals surface area contributed by atoms with Gasteiger partial charge in [0.25, 0.3) is 0 Å². The summed E-state index contributed by atoms with van der Waals surface area (Å²) < 4.78 is 0. The average molecular weight is 358 g/mol. The van der Waals surface area contributed by atoms with Gasteiger partial charge in [0.05, 0.1) is 0 Å². The maximum Gasteiger partial charge on any atom is 0.186 e. The average Bonchev–Trinajstić information content (AvgIpc) is 2.91. The van der Waals surface area contributed by atoms with Gasteiger partial charge in [-0.25, -0.2) is 0 Å². The van der Waals surface area contributed by atoms with E-state index >= 15 is 0 Å². The fourth-order valence-corrected chi connectivity index (χ4v) is 4.77. The number of Topliss-reactive ketones (excluding diaryl/α,β-unsaturated/α-hetero) is 2. The third-order valence-corrected chi connectivity index (χ3v) is 6.42. The highest BCUT2D eigenvalue weighted by molar-refractivity contribution is 6.35. The molecular weight excluding hydrogens is 332 g/mol. The Morgan fingerprint density at radius 3 is 1.89 bits per heavy atom. The van der Waals surface area contributed by atoms with Crippen LogP contribution in [0.25, 0.3) is 0 Å². The van der Waals surface area contributed by atoms with Gasteiger partial charge in [-0.05, 0) is 41.7 Å². The summed E-state index contributed by atoms with van der Waals surface area (Å²) in [4.78, 5) is 27.3. The van der Waals surface area contributed by atoms with Crippen LogP contribution in [0.2, 0.25) is 0 Å². The Morgan fingerprint density at radius 2 is 1.41 bits per heavy atom. The molecule has 2 aliphatic carbocycles. The largest absolute Gasteiger partial charge is 0.292 e. The highest BCUT2D eigenvalue weighted by Gasteiger charge is 2.56. The fourth-order valence-electron chi connectivity index (χ4n) is 4.77. The molecule has 0 saturated heterocycles. The van der Waals surface area contributed by atoms with Gasteiger partial charge in [-0.1, -0.05) is 81.4 Å². The Balaban J connectivity index is 1.88. The summed E-state index contributed by atoms with van der Waals surface area (Å²) in [7, 11) is 0. The monoisotopic (exact) mass is 358 g/mol. The summed E-state index contributed by atoms with van der Waals surface area (Å²) in [6.07, 6.45) is 4.92. The minimum absolute atomic E-state index is 0.0604. The molecule has 0 N–H and O–H groups in total. The smallest absolute Gasteiger partial charge is 0.186 e. The number of rotatable bonds is 2. The molecule has 138 valence electrons. The molecule has 2 aliphatic rings. The zero-order chi connectivity index (χ0) is 19.2. The normalized spacial score (nSPS) is 21.7. The van der Waals surface area contributed by atoms with E-state index in [0.29, 0.717) is 17.0 Å². The maximum absolute atomic E-state index is 13.6. The van der Waals surface area contributed by atoms with Gasteiger partial charge in [0.1, 0.15) is 5.41 Å². The second kappa shape index (κ2) is 6.30. The number of benzene rings is 2. The summed E-state index contributed by atoms with van der Waals surface area (Å²) >= 11 is 0. The van der Waals surface area contributed by atoms with Gasteiger partial charge < -0.3 is 0 Å². The van der Waals surface area contributed by atoms with E-state index in [-0.39, 0.29) is 17.0 Å². The molecule has 0 spiro atoms. The van der Waals surface area contributed by atoms with Crippen LogP contribution in [-0.4, -0.2) is 11.6 Å². The molecule has 0 fully saturated rings. The third kappa shape index (κ3) is 2.62. The minimum Gasteiger partial charge on any atom is -0.292 e. The Labute approximate surface area is 161 Å². The molecule has 0 radical (unpaired) electrons. The maximum atomic E-state index is 13.6. The molecule has 2 heteroatoms. The van der Waals surface area contributed by atoms with Crippen molar-refractivity contribution in [1.29, 1.82) is 0 Å². The van der Waals surface area contributed by atoms with Crippen LogP contribution in [0.15, 0.2) is 66.2 Å². The van der Waals surface area contributed by atoms with Crippen molar-refractivity contribution in [3.8, 4) is 0 Å². The lowest BCUT2D eigenvalue weighted by molar-refractivity contribution is 0.0818. The number of carbonyl (C=O) groups is 2. The molecule has 0 aliphatic heterocycles. The Bertz CT molecular complexity index is 893. The molecule has 27 heavy (non-hydrogen) atoms. The molecule has 1 atom stereocenters. The second-order valence-electron chi connectivity index (χ2n) is 8.89. The molecule has 0 saturated carbocycles. The van der Waals surface area contributed by atoms with Gasteiger partial charge in [0.15, 0.2) is 11.6 Å². The van der Waals surface area contributed by atoms with Crippen molar-refractivity contribution in [2.45, 2.75) is 45.4 Å². The van der Waals surface area contributed by atoms with Gasteiger partial charge in [-0.15, -0.1) is 0 Å². The second-order valence-corrected chi connectivity index (χ2v) is 8.89. The summed E-state index contributed by atoms with van der Waals surface area (Å²) in [6, 6.07) is 16.9. The molecule has 2 aromatic carbocycles. The highest BCUT2D eigenvalue weighted by atomic mass is 16.2. The van der Waals surface area contributed by atoms with E-state index in [0.717, 1.165) is 30.4 Å². The Hall–Kier alpha value is -2.48. The first-order valence-electron chi connectivity index (χ1n) is 9.80. The van der Waals surface area contributed by atoms with Crippen LogP contribution in [0.3, 0.4) is 0 Å². The van der Waals surface area contributed by atoms with Crippen LogP contribution in [0.4, 0.5) is 0 Å². The van der Waals surface area contributed by atoms with Crippen LogP contribution in [0.5, 0.6) is 0 Å². The quantitative estimate of drug-likeness (QED) is 0.504. The molecule has 2 aromatic rings. The highest BCUT2D eigenvalue weighted by Crippen LogP contribution is 2.49. The zero-order valence-corrected chi connectivity index (χ0v) is 16.3. The summed E-state index contributed by atoms with van der Waals surface area (Å²) in [5, 5.41) is 0. The molecule has 2 nitrogen and oxygen atoms in total. The van der Waals surface area contributed by atoms with E-state index in [9.17, 15) is 9.59 Å². The first-order chi connectivity index (χ1) is 12.9. The standard InChI is InChI=1S/C25H26O2/c1-24(2,3)17-13-15-19(16-14-17)25(18-9-5-4-6-10-18)22(26)20-11-7-8-12-21(20)23(25)27/h4-12,15,17H,13-14,16H2,1-3H3. The number of hydrogen-bond donors (Lipinski definition) is 0. The predicted molar refractivity (Wildman–Crippen MR) is 108 cm³/mol. The predicted octanol–water partition coefficient (Wildman–Crippen LogP) is 5.78. The van der Waals surface area contributed by atoms with Crippen molar-refractivity contribution in [2.75, 3.05) is 0 Å². The molecule has 0 heterocycles. The summed E-state index contributed by atoms with van der Waals surface area (Å²) in [5.41, 5.74) is 1.97.